The molecule has 6 nitrogen and oxygen atoms in total. The average Bonchev–Trinajstić information content (AvgIpc) is 3.19. The smallest absolute Gasteiger partial charge is 0.257 e. The molecule has 6 heteroatoms. The molecule has 2 saturated heterocycles. The number of carbonyl (C=O) groups is 3. The third kappa shape index (κ3) is 4.95. The first kappa shape index (κ1) is 23.9. The molecule has 0 aromatic heterocycles. The van der Waals surface area contributed by atoms with E-state index >= 15 is 0 Å². The highest BCUT2D eigenvalue weighted by Crippen LogP contribution is 2.31. The summed E-state index contributed by atoms with van der Waals surface area (Å²) in [5.74, 6) is -0.764. The van der Waals surface area contributed by atoms with E-state index in [0.717, 1.165) is 38.0 Å². The van der Waals surface area contributed by atoms with Gasteiger partial charge in [-0.2, -0.15) is 0 Å². The number of piperidine rings is 1. The van der Waals surface area contributed by atoms with E-state index < -0.39 is 6.04 Å². The van der Waals surface area contributed by atoms with Gasteiger partial charge < -0.3 is 4.90 Å². The quantitative estimate of drug-likeness (QED) is 0.489. The van der Waals surface area contributed by atoms with Crippen molar-refractivity contribution in [2.75, 3.05) is 18.0 Å². The van der Waals surface area contributed by atoms with Crippen LogP contribution in [0.1, 0.15) is 40.7 Å². The number of carbonyl (C=O) groups excluding carboxylic acids is 3. The molecular formula is C30H31N3O3. The first-order chi connectivity index (χ1) is 17.5. The van der Waals surface area contributed by atoms with E-state index in [4.69, 9.17) is 0 Å². The van der Waals surface area contributed by atoms with Crippen molar-refractivity contribution in [1.29, 1.82) is 0 Å². The molecule has 2 aliphatic rings. The Morgan fingerprint density at radius 1 is 0.889 bits per heavy atom. The molecule has 1 unspecified atom stereocenters. The summed E-state index contributed by atoms with van der Waals surface area (Å²) in [5.41, 5.74) is 3.35. The van der Waals surface area contributed by atoms with Gasteiger partial charge in [0.05, 0.1) is 12.1 Å². The van der Waals surface area contributed by atoms with Crippen molar-refractivity contribution in [1.82, 2.24) is 9.80 Å². The molecule has 3 aromatic rings. The maximum Gasteiger partial charge on any atom is 0.257 e. The number of amides is 3. The lowest BCUT2D eigenvalue weighted by Crippen LogP contribution is -2.54. The van der Waals surface area contributed by atoms with Crippen LogP contribution in [0.4, 0.5) is 5.69 Å². The molecule has 2 fully saturated rings. The predicted molar refractivity (Wildman–Crippen MR) is 139 cm³/mol. The van der Waals surface area contributed by atoms with Crippen LogP contribution in [0.5, 0.6) is 0 Å². The van der Waals surface area contributed by atoms with Crippen LogP contribution < -0.4 is 4.90 Å². The molecule has 2 heterocycles. The molecule has 0 spiro atoms. The van der Waals surface area contributed by atoms with Crippen LogP contribution >= 0.6 is 0 Å². The SMILES string of the molecule is Cc1cccc(C(=O)N(C2CCN(Cc3ccccc3)CC2)C2CC(=O)N(c3ccccc3)C2=O)c1. The van der Waals surface area contributed by atoms with E-state index in [1.54, 1.807) is 35.2 Å². The standard InChI is InChI=1S/C30H31N3O3/c1-22-9-8-12-24(19-22)29(35)32(26-15-17-31(18-16-26)21-23-10-4-2-5-11-23)27-20-28(34)33(30(27)36)25-13-6-3-7-14-25/h2-14,19,26-27H,15-18,20-21H2,1H3. The van der Waals surface area contributed by atoms with Gasteiger partial charge in [0.15, 0.2) is 0 Å². The van der Waals surface area contributed by atoms with Gasteiger partial charge in [-0.05, 0) is 49.6 Å². The van der Waals surface area contributed by atoms with E-state index in [1.165, 1.54) is 10.5 Å². The summed E-state index contributed by atoms with van der Waals surface area (Å²) >= 11 is 0. The Kier molecular flexibility index (Phi) is 6.96. The van der Waals surface area contributed by atoms with Crippen LogP contribution in [0.15, 0.2) is 84.9 Å². The second-order valence-electron chi connectivity index (χ2n) is 9.70. The largest absolute Gasteiger partial charge is 0.323 e. The Bertz CT molecular complexity index is 1240. The van der Waals surface area contributed by atoms with Crippen LogP contribution in [0, 0.1) is 6.92 Å². The molecule has 3 amide bonds. The molecule has 3 aromatic carbocycles. The first-order valence-corrected chi connectivity index (χ1v) is 12.6. The van der Waals surface area contributed by atoms with Gasteiger partial charge in [0.2, 0.25) is 5.91 Å². The Morgan fingerprint density at radius 3 is 2.22 bits per heavy atom. The summed E-state index contributed by atoms with van der Waals surface area (Å²) in [5, 5.41) is 0. The van der Waals surface area contributed by atoms with Crippen molar-refractivity contribution in [2.24, 2.45) is 0 Å². The van der Waals surface area contributed by atoms with Crippen LogP contribution in [0.25, 0.3) is 0 Å². The molecule has 0 aliphatic carbocycles. The van der Waals surface area contributed by atoms with Crippen molar-refractivity contribution in [3.05, 3.63) is 102 Å². The third-order valence-electron chi connectivity index (χ3n) is 7.17. The average molecular weight is 482 g/mol. The van der Waals surface area contributed by atoms with Gasteiger partial charge in [0, 0.05) is 31.2 Å². The topological polar surface area (TPSA) is 60.9 Å². The third-order valence-corrected chi connectivity index (χ3v) is 7.17. The number of para-hydroxylation sites is 1. The van der Waals surface area contributed by atoms with Crippen LogP contribution in [0.2, 0.25) is 0 Å². The van der Waals surface area contributed by atoms with E-state index in [1.807, 2.05) is 49.4 Å². The predicted octanol–water partition coefficient (Wildman–Crippen LogP) is 4.43. The number of anilines is 1. The number of benzene rings is 3. The number of rotatable bonds is 6. The number of imide groups is 1. The number of likely N-dealkylation sites (tertiary alicyclic amines) is 1. The summed E-state index contributed by atoms with van der Waals surface area (Å²) < 4.78 is 0. The van der Waals surface area contributed by atoms with E-state index in [2.05, 4.69) is 17.0 Å². The zero-order valence-corrected chi connectivity index (χ0v) is 20.5. The number of hydrogen-bond acceptors (Lipinski definition) is 4. The van der Waals surface area contributed by atoms with Crippen molar-refractivity contribution in [3.8, 4) is 0 Å². The zero-order valence-electron chi connectivity index (χ0n) is 20.5. The van der Waals surface area contributed by atoms with E-state index in [9.17, 15) is 14.4 Å². The maximum absolute atomic E-state index is 13.9. The van der Waals surface area contributed by atoms with Gasteiger partial charge in [-0.25, -0.2) is 4.90 Å². The lowest BCUT2D eigenvalue weighted by molar-refractivity contribution is -0.123. The Morgan fingerprint density at radius 2 is 1.56 bits per heavy atom. The minimum atomic E-state index is -0.795. The molecule has 0 bridgehead atoms. The fourth-order valence-corrected chi connectivity index (χ4v) is 5.37. The van der Waals surface area contributed by atoms with Gasteiger partial charge in [0.1, 0.15) is 6.04 Å². The minimum absolute atomic E-state index is 0.00944. The zero-order chi connectivity index (χ0) is 25.1. The van der Waals surface area contributed by atoms with Gasteiger partial charge >= 0.3 is 0 Å². The summed E-state index contributed by atoms with van der Waals surface area (Å²) in [6, 6.07) is 25.9. The Balaban J connectivity index is 1.39. The Labute approximate surface area is 212 Å². The summed E-state index contributed by atoms with van der Waals surface area (Å²) in [4.78, 5) is 45.9. The molecule has 184 valence electrons. The molecule has 0 saturated carbocycles. The lowest BCUT2D eigenvalue weighted by atomic mass is 9.98. The normalized spacial score (nSPS) is 19.0. The maximum atomic E-state index is 13.9. The van der Waals surface area contributed by atoms with Crippen molar-refractivity contribution in [2.45, 2.75) is 44.8 Å². The fourth-order valence-electron chi connectivity index (χ4n) is 5.37. The molecule has 5 rings (SSSR count). The van der Waals surface area contributed by atoms with E-state index in [-0.39, 0.29) is 30.2 Å². The van der Waals surface area contributed by atoms with Crippen LogP contribution in [-0.2, 0) is 16.1 Å². The highest BCUT2D eigenvalue weighted by Gasteiger charge is 2.47. The molecule has 0 radical (unpaired) electrons. The molecular weight excluding hydrogens is 450 g/mol. The van der Waals surface area contributed by atoms with E-state index in [0.29, 0.717) is 11.3 Å². The number of nitrogens with zero attached hydrogens (tertiary/aromatic N) is 3. The Hall–Kier alpha value is -3.77. The molecule has 2 aliphatic heterocycles. The van der Waals surface area contributed by atoms with Gasteiger partial charge in [-0.15, -0.1) is 0 Å². The van der Waals surface area contributed by atoms with Crippen LogP contribution in [0.3, 0.4) is 0 Å². The van der Waals surface area contributed by atoms with Crippen molar-refractivity contribution < 1.29 is 14.4 Å². The second kappa shape index (κ2) is 10.5. The van der Waals surface area contributed by atoms with Gasteiger partial charge in [0.25, 0.3) is 11.8 Å². The van der Waals surface area contributed by atoms with Crippen molar-refractivity contribution in [3.63, 3.8) is 0 Å². The summed E-state index contributed by atoms with van der Waals surface area (Å²) in [6.45, 7) is 4.47. The summed E-state index contributed by atoms with van der Waals surface area (Å²) in [7, 11) is 0. The first-order valence-electron chi connectivity index (χ1n) is 12.6. The summed E-state index contributed by atoms with van der Waals surface area (Å²) in [6.07, 6.45) is 1.52. The molecule has 1 atom stereocenters. The monoisotopic (exact) mass is 481 g/mol. The fraction of sp³-hybridized carbons (Fsp3) is 0.300. The van der Waals surface area contributed by atoms with Crippen LogP contribution in [-0.4, -0.2) is 52.7 Å². The molecule has 36 heavy (non-hydrogen) atoms. The lowest BCUT2D eigenvalue weighted by Gasteiger charge is -2.40. The number of aryl methyl sites for hydroxylation is 1. The number of hydrogen-bond donors (Lipinski definition) is 0. The van der Waals surface area contributed by atoms with Crippen molar-refractivity contribution >= 4 is 23.4 Å². The minimum Gasteiger partial charge on any atom is -0.323 e. The van der Waals surface area contributed by atoms with Gasteiger partial charge in [-0.1, -0.05) is 66.2 Å². The van der Waals surface area contributed by atoms with Gasteiger partial charge in [-0.3, -0.25) is 19.3 Å². The second-order valence-corrected chi connectivity index (χ2v) is 9.70. The highest BCUT2D eigenvalue weighted by atomic mass is 16.2. The molecule has 0 N–H and O–H groups in total. The highest BCUT2D eigenvalue weighted by molar-refractivity contribution is 6.23.